The number of halogens is 1. The van der Waals surface area contributed by atoms with Gasteiger partial charge in [0.25, 0.3) is 0 Å². The highest BCUT2D eigenvalue weighted by molar-refractivity contribution is 9.09. The molecule has 0 saturated heterocycles. The first-order chi connectivity index (χ1) is 6.36. The predicted octanol–water partition coefficient (Wildman–Crippen LogP) is 3.86. The highest BCUT2D eigenvalue weighted by atomic mass is 79.9. The number of hydrogen-bond donors (Lipinski definition) is 0. The van der Waals surface area contributed by atoms with Crippen molar-refractivity contribution in [3.63, 3.8) is 0 Å². The van der Waals surface area contributed by atoms with Crippen molar-refractivity contribution < 1.29 is 4.42 Å². The number of alkyl halides is 1. The van der Waals surface area contributed by atoms with Gasteiger partial charge in [-0.15, -0.1) is 0 Å². The van der Waals surface area contributed by atoms with Gasteiger partial charge in [0.1, 0.15) is 11.5 Å². The van der Waals surface area contributed by atoms with E-state index in [0.717, 1.165) is 29.0 Å². The van der Waals surface area contributed by atoms with Crippen LogP contribution in [-0.4, -0.2) is 11.1 Å². The van der Waals surface area contributed by atoms with Crippen LogP contribution in [0.25, 0.3) is 0 Å². The molecule has 0 fully saturated rings. The van der Waals surface area contributed by atoms with E-state index in [1.54, 1.807) is 0 Å². The molecule has 0 bridgehead atoms. The molecular formula is C10H15BrOS. The van der Waals surface area contributed by atoms with Gasteiger partial charge in [0, 0.05) is 11.8 Å². The van der Waals surface area contributed by atoms with E-state index < -0.39 is 0 Å². The summed E-state index contributed by atoms with van der Waals surface area (Å²) in [6, 6.07) is 4.15. The Morgan fingerprint density at radius 3 is 2.77 bits per heavy atom. The van der Waals surface area contributed by atoms with E-state index in [1.165, 1.54) is 12.2 Å². The molecule has 3 heteroatoms. The van der Waals surface area contributed by atoms with Crippen LogP contribution < -0.4 is 0 Å². The molecule has 0 aliphatic heterocycles. The summed E-state index contributed by atoms with van der Waals surface area (Å²) in [6.45, 7) is 2.11. The van der Waals surface area contributed by atoms with Crippen molar-refractivity contribution in [1.29, 1.82) is 0 Å². The number of aryl methyl sites for hydroxylation is 1. The van der Waals surface area contributed by atoms with Crippen molar-refractivity contribution in [2.45, 2.75) is 25.5 Å². The van der Waals surface area contributed by atoms with E-state index in [1.807, 2.05) is 11.8 Å². The summed E-state index contributed by atoms with van der Waals surface area (Å²) < 4.78 is 5.58. The second-order valence-electron chi connectivity index (χ2n) is 2.82. The molecule has 0 spiro atoms. The molecule has 1 aromatic rings. The van der Waals surface area contributed by atoms with Gasteiger partial charge in [-0.25, -0.2) is 0 Å². The molecular weight excluding hydrogens is 248 g/mol. The predicted molar refractivity (Wildman–Crippen MR) is 62.7 cm³/mol. The van der Waals surface area contributed by atoms with Gasteiger partial charge in [-0.3, -0.25) is 0 Å². The Bertz CT molecular complexity index is 235. The Balaban J connectivity index is 2.20. The molecule has 0 aliphatic carbocycles. The number of rotatable bonds is 6. The minimum absolute atomic E-state index is 0.992. The van der Waals surface area contributed by atoms with Gasteiger partial charge in [-0.05, 0) is 24.3 Å². The summed E-state index contributed by atoms with van der Waals surface area (Å²) in [4.78, 5) is 0. The number of thioether (sulfide) groups is 1. The lowest BCUT2D eigenvalue weighted by Crippen LogP contribution is -1.82. The fraction of sp³-hybridized carbons (Fsp3) is 0.600. The summed E-state index contributed by atoms with van der Waals surface area (Å²) in [5.41, 5.74) is 0. The standard InChI is InChI=1S/C10H15BrOS/c1-2-9-4-5-10(12-9)8-13-7-3-6-11/h4-5H,2-3,6-8H2,1H3. The second kappa shape index (κ2) is 6.55. The molecule has 0 N–H and O–H groups in total. The summed E-state index contributed by atoms with van der Waals surface area (Å²) in [7, 11) is 0. The third kappa shape index (κ3) is 4.23. The van der Waals surface area contributed by atoms with Crippen LogP contribution in [-0.2, 0) is 12.2 Å². The molecule has 0 radical (unpaired) electrons. The SMILES string of the molecule is CCc1ccc(CSCCCBr)o1. The normalized spacial score (nSPS) is 10.6. The molecule has 13 heavy (non-hydrogen) atoms. The largest absolute Gasteiger partial charge is 0.465 e. The molecule has 1 nitrogen and oxygen atoms in total. The lowest BCUT2D eigenvalue weighted by molar-refractivity contribution is 0.485. The monoisotopic (exact) mass is 262 g/mol. The first-order valence-electron chi connectivity index (χ1n) is 4.58. The lowest BCUT2D eigenvalue weighted by atomic mass is 10.4. The van der Waals surface area contributed by atoms with E-state index in [9.17, 15) is 0 Å². The van der Waals surface area contributed by atoms with Crippen LogP contribution in [0.2, 0.25) is 0 Å². The number of furan rings is 1. The van der Waals surface area contributed by atoms with Gasteiger partial charge in [0.05, 0.1) is 5.75 Å². The molecule has 0 unspecified atom stereocenters. The quantitative estimate of drug-likeness (QED) is 0.571. The van der Waals surface area contributed by atoms with Gasteiger partial charge >= 0.3 is 0 Å². The number of hydrogen-bond acceptors (Lipinski definition) is 2. The van der Waals surface area contributed by atoms with E-state index in [2.05, 4.69) is 35.0 Å². The van der Waals surface area contributed by atoms with Crippen molar-refractivity contribution in [2.24, 2.45) is 0 Å². The molecule has 0 aromatic carbocycles. The highest BCUT2D eigenvalue weighted by Gasteiger charge is 1.99. The van der Waals surface area contributed by atoms with Crippen molar-refractivity contribution in [3.8, 4) is 0 Å². The van der Waals surface area contributed by atoms with Crippen molar-refractivity contribution in [1.82, 2.24) is 0 Å². The fourth-order valence-electron chi connectivity index (χ4n) is 1.02. The maximum absolute atomic E-state index is 5.58. The lowest BCUT2D eigenvalue weighted by Gasteiger charge is -1.96. The summed E-state index contributed by atoms with van der Waals surface area (Å²) in [5, 5.41) is 1.10. The van der Waals surface area contributed by atoms with E-state index in [0.29, 0.717) is 0 Å². The first-order valence-corrected chi connectivity index (χ1v) is 6.85. The fourth-order valence-corrected chi connectivity index (χ4v) is 2.52. The van der Waals surface area contributed by atoms with Crippen molar-refractivity contribution in [3.05, 3.63) is 23.7 Å². The minimum Gasteiger partial charge on any atom is -0.465 e. The Morgan fingerprint density at radius 1 is 1.38 bits per heavy atom. The van der Waals surface area contributed by atoms with Crippen LogP contribution in [0.4, 0.5) is 0 Å². The van der Waals surface area contributed by atoms with Crippen LogP contribution in [0.1, 0.15) is 24.9 Å². The van der Waals surface area contributed by atoms with Crippen molar-refractivity contribution >= 4 is 27.7 Å². The molecule has 1 aromatic heterocycles. The van der Waals surface area contributed by atoms with Gasteiger partial charge < -0.3 is 4.42 Å². The summed E-state index contributed by atoms with van der Waals surface area (Å²) in [6.07, 6.45) is 2.22. The van der Waals surface area contributed by atoms with Gasteiger partial charge in [0.2, 0.25) is 0 Å². The third-order valence-corrected chi connectivity index (χ3v) is 3.36. The van der Waals surface area contributed by atoms with E-state index in [-0.39, 0.29) is 0 Å². The summed E-state index contributed by atoms with van der Waals surface area (Å²) in [5.74, 6) is 4.41. The zero-order valence-corrected chi connectivity index (χ0v) is 10.3. The zero-order valence-electron chi connectivity index (χ0n) is 7.88. The Morgan fingerprint density at radius 2 is 2.15 bits per heavy atom. The second-order valence-corrected chi connectivity index (χ2v) is 4.71. The van der Waals surface area contributed by atoms with Crippen molar-refractivity contribution in [2.75, 3.05) is 11.1 Å². The topological polar surface area (TPSA) is 13.1 Å². The van der Waals surface area contributed by atoms with Crippen LogP contribution in [0.3, 0.4) is 0 Å². The summed E-state index contributed by atoms with van der Waals surface area (Å²) >= 11 is 5.35. The molecule has 0 amide bonds. The maximum atomic E-state index is 5.58. The maximum Gasteiger partial charge on any atom is 0.114 e. The average molecular weight is 263 g/mol. The average Bonchev–Trinajstić information content (AvgIpc) is 2.60. The molecule has 0 saturated carbocycles. The van der Waals surface area contributed by atoms with E-state index in [4.69, 9.17) is 4.42 Å². The van der Waals surface area contributed by atoms with Crippen LogP contribution in [0, 0.1) is 0 Å². The van der Waals surface area contributed by atoms with Gasteiger partial charge in [-0.2, -0.15) is 11.8 Å². The highest BCUT2D eigenvalue weighted by Crippen LogP contribution is 2.16. The zero-order chi connectivity index (χ0) is 9.52. The molecule has 1 heterocycles. The first kappa shape index (κ1) is 11.2. The van der Waals surface area contributed by atoms with Crippen LogP contribution in [0.5, 0.6) is 0 Å². The smallest absolute Gasteiger partial charge is 0.114 e. The molecule has 0 atom stereocenters. The van der Waals surface area contributed by atoms with Crippen LogP contribution in [0.15, 0.2) is 16.5 Å². The molecule has 1 rings (SSSR count). The Hall–Kier alpha value is 0.110. The van der Waals surface area contributed by atoms with Gasteiger partial charge in [0.15, 0.2) is 0 Å². The van der Waals surface area contributed by atoms with E-state index >= 15 is 0 Å². The Labute approximate surface area is 92.4 Å². The Kier molecular flexibility index (Phi) is 5.63. The molecule has 0 aliphatic rings. The van der Waals surface area contributed by atoms with Crippen LogP contribution >= 0.6 is 27.7 Å². The minimum atomic E-state index is 0.992. The van der Waals surface area contributed by atoms with Gasteiger partial charge in [-0.1, -0.05) is 22.9 Å². The molecule has 74 valence electrons. The third-order valence-electron chi connectivity index (χ3n) is 1.73.